The standard InChI is InChI=1S/C20H24N2O3/c1-13-5-6-14(2)19(15(13)3)25-12-11-21-20(24)22-18-9-7-17(8-10-18)16(4)23/h5-10H,11-12H2,1-4H3,(H2,21,22,24). The van der Waals surface area contributed by atoms with E-state index in [4.69, 9.17) is 4.74 Å². The molecular weight excluding hydrogens is 316 g/mol. The fraction of sp³-hybridized carbons (Fsp3) is 0.300. The van der Waals surface area contributed by atoms with Crippen molar-refractivity contribution in [2.75, 3.05) is 18.5 Å². The first kappa shape index (κ1) is 18.5. The highest BCUT2D eigenvalue weighted by Crippen LogP contribution is 2.25. The van der Waals surface area contributed by atoms with Crippen LogP contribution in [0.5, 0.6) is 5.75 Å². The van der Waals surface area contributed by atoms with Crippen LogP contribution in [0.15, 0.2) is 36.4 Å². The molecule has 0 radical (unpaired) electrons. The second-order valence-corrected chi connectivity index (χ2v) is 6.02. The lowest BCUT2D eigenvalue weighted by Crippen LogP contribution is -2.32. The zero-order valence-corrected chi connectivity index (χ0v) is 15.1. The normalized spacial score (nSPS) is 10.2. The first-order valence-corrected chi connectivity index (χ1v) is 8.24. The molecule has 132 valence electrons. The molecule has 0 aliphatic rings. The van der Waals surface area contributed by atoms with Crippen LogP contribution < -0.4 is 15.4 Å². The van der Waals surface area contributed by atoms with E-state index >= 15 is 0 Å². The molecule has 0 aromatic heterocycles. The predicted octanol–water partition coefficient (Wildman–Crippen LogP) is 4.01. The summed E-state index contributed by atoms with van der Waals surface area (Å²) < 4.78 is 5.81. The lowest BCUT2D eigenvalue weighted by molar-refractivity contribution is 0.101. The Labute approximate surface area is 148 Å². The third kappa shape index (κ3) is 5.08. The molecule has 2 rings (SSSR count). The van der Waals surface area contributed by atoms with Gasteiger partial charge in [0, 0.05) is 11.3 Å². The summed E-state index contributed by atoms with van der Waals surface area (Å²) in [5, 5.41) is 5.47. The van der Waals surface area contributed by atoms with Gasteiger partial charge in [0.25, 0.3) is 0 Å². The molecular formula is C20H24N2O3. The Morgan fingerprint density at radius 2 is 1.60 bits per heavy atom. The number of rotatable bonds is 6. The molecule has 0 fully saturated rings. The first-order valence-electron chi connectivity index (χ1n) is 8.24. The molecule has 0 atom stereocenters. The first-order chi connectivity index (χ1) is 11.9. The van der Waals surface area contributed by atoms with Crippen molar-refractivity contribution in [1.29, 1.82) is 0 Å². The maximum Gasteiger partial charge on any atom is 0.319 e. The summed E-state index contributed by atoms with van der Waals surface area (Å²) in [4.78, 5) is 23.1. The third-order valence-electron chi connectivity index (χ3n) is 4.06. The number of anilines is 1. The zero-order chi connectivity index (χ0) is 18.4. The summed E-state index contributed by atoms with van der Waals surface area (Å²) in [6.45, 7) is 8.37. The molecule has 25 heavy (non-hydrogen) atoms. The fourth-order valence-electron chi connectivity index (χ4n) is 2.43. The number of aryl methyl sites for hydroxylation is 2. The highest BCUT2D eigenvalue weighted by molar-refractivity contribution is 5.95. The van der Waals surface area contributed by atoms with Crippen molar-refractivity contribution in [2.24, 2.45) is 0 Å². The van der Waals surface area contributed by atoms with Crippen molar-refractivity contribution in [3.05, 3.63) is 58.7 Å². The Balaban J connectivity index is 1.79. The van der Waals surface area contributed by atoms with Gasteiger partial charge >= 0.3 is 6.03 Å². The van der Waals surface area contributed by atoms with Gasteiger partial charge in [-0.3, -0.25) is 4.79 Å². The van der Waals surface area contributed by atoms with Gasteiger partial charge < -0.3 is 15.4 Å². The van der Waals surface area contributed by atoms with Gasteiger partial charge in [-0.1, -0.05) is 12.1 Å². The maximum atomic E-state index is 11.9. The average molecular weight is 340 g/mol. The predicted molar refractivity (Wildman–Crippen MR) is 99.6 cm³/mol. The van der Waals surface area contributed by atoms with E-state index < -0.39 is 0 Å². The summed E-state index contributed by atoms with van der Waals surface area (Å²) in [7, 11) is 0. The number of hydrogen-bond donors (Lipinski definition) is 2. The number of carbonyl (C=O) groups is 2. The molecule has 0 saturated heterocycles. The summed E-state index contributed by atoms with van der Waals surface area (Å²) in [6.07, 6.45) is 0. The Hall–Kier alpha value is -2.82. The largest absolute Gasteiger partial charge is 0.491 e. The minimum Gasteiger partial charge on any atom is -0.491 e. The van der Waals surface area contributed by atoms with Crippen molar-refractivity contribution in [1.82, 2.24) is 5.32 Å². The van der Waals surface area contributed by atoms with Crippen LogP contribution in [0, 0.1) is 20.8 Å². The molecule has 5 heteroatoms. The van der Waals surface area contributed by atoms with E-state index in [9.17, 15) is 9.59 Å². The molecule has 0 saturated carbocycles. The molecule has 5 nitrogen and oxygen atoms in total. The van der Waals surface area contributed by atoms with Crippen LogP contribution in [0.3, 0.4) is 0 Å². The number of Topliss-reactive ketones (excluding diaryl/α,β-unsaturated/α-hetero) is 1. The number of urea groups is 1. The van der Waals surface area contributed by atoms with Gasteiger partial charge in [0.05, 0.1) is 6.54 Å². The molecule has 2 amide bonds. The minimum absolute atomic E-state index is 0.00474. The van der Waals surface area contributed by atoms with Gasteiger partial charge in [-0.25, -0.2) is 4.79 Å². The van der Waals surface area contributed by atoms with Crippen molar-refractivity contribution < 1.29 is 14.3 Å². The Bertz CT molecular complexity index is 767. The third-order valence-corrected chi connectivity index (χ3v) is 4.06. The van der Waals surface area contributed by atoms with Crippen molar-refractivity contribution in [3.63, 3.8) is 0 Å². The van der Waals surface area contributed by atoms with E-state index in [-0.39, 0.29) is 11.8 Å². The summed E-state index contributed by atoms with van der Waals surface area (Å²) in [5.74, 6) is 0.872. The van der Waals surface area contributed by atoms with Crippen LogP contribution in [-0.4, -0.2) is 25.0 Å². The average Bonchev–Trinajstić information content (AvgIpc) is 2.58. The highest BCUT2D eigenvalue weighted by atomic mass is 16.5. The van der Waals surface area contributed by atoms with Gasteiger partial charge in [0.1, 0.15) is 12.4 Å². The second kappa shape index (κ2) is 8.33. The number of carbonyl (C=O) groups excluding carboxylic acids is 2. The molecule has 0 aliphatic carbocycles. The molecule has 0 spiro atoms. The molecule has 2 aromatic carbocycles. The summed E-state index contributed by atoms with van der Waals surface area (Å²) in [6, 6.07) is 10.6. The molecule has 2 aromatic rings. The maximum absolute atomic E-state index is 11.9. The van der Waals surface area contributed by atoms with Gasteiger partial charge in [0.2, 0.25) is 0 Å². The van der Waals surface area contributed by atoms with Gasteiger partial charge in [-0.05, 0) is 68.7 Å². The Morgan fingerprint density at radius 1 is 0.960 bits per heavy atom. The number of ether oxygens (including phenoxy) is 1. The highest BCUT2D eigenvalue weighted by Gasteiger charge is 2.07. The molecule has 0 unspecified atom stereocenters. The van der Waals surface area contributed by atoms with Crippen LogP contribution in [0.1, 0.15) is 34.0 Å². The zero-order valence-electron chi connectivity index (χ0n) is 15.1. The number of amides is 2. The van der Waals surface area contributed by atoms with Gasteiger partial charge in [0.15, 0.2) is 5.78 Å². The van der Waals surface area contributed by atoms with Crippen LogP contribution in [-0.2, 0) is 0 Å². The lowest BCUT2D eigenvalue weighted by atomic mass is 10.1. The second-order valence-electron chi connectivity index (χ2n) is 6.02. The van der Waals surface area contributed by atoms with Crippen LogP contribution in [0.2, 0.25) is 0 Å². The van der Waals surface area contributed by atoms with Crippen LogP contribution in [0.25, 0.3) is 0 Å². The topological polar surface area (TPSA) is 67.4 Å². The van der Waals surface area contributed by atoms with Gasteiger partial charge in [-0.15, -0.1) is 0 Å². The van der Waals surface area contributed by atoms with Crippen LogP contribution in [0.4, 0.5) is 10.5 Å². The monoisotopic (exact) mass is 340 g/mol. The smallest absolute Gasteiger partial charge is 0.319 e. The van der Waals surface area contributed by atoms with E-state index in [0.717, 1.165) is 16.9 Å². The minimum atomic E-state index is -0.308. The summed E-state index contributed by atoms with van der Waals surface area (Å²) in [5.41, 5.74) is 4.63. The van der Waals surface area contributed by atoms with Crippen LogP contribution >= 0.6 is 0 Å². The molecule has 0 bridgehead atoms. The quantitative estimate of drug-likeness (QED) is 0.616. The van der Waals surface area contributed by atoms with Gasteiger partial charge in [-0.2, -0.15) is 0 Å². The van der Waals surface area contributed by atoms with Crippen molar-refractivity contribution in [2.45, 2.75) is 27.7 Å². The van der Waals surface area contributed by atoms with E-state index in [0.29, 0.717) is 24.4 Å². The molecule has 2 N–H and O–H groups in total. The fourth-order valence-corrected chi connectivity index (χ4v) is 2.43. The van der Waals surface area contributed by atoms with E-state index in [1.807, 2.05) is 26.8 Å². The number of hydrogen-bond acceptors (Lipinski definition) is 3. The van der Waals surface area contributed by atoms with E-state index in [1.54, 1.807) is 24.3 Å². The number of benzene rings is 2. The molecule has 0 heterocycles. The van der Waals surface area contributed by atoms with Crippen molar-refractivity contribution in [3.8, 4) is 5.75 Å². The Morgan fingerprint density at radius 3 is 2.24 bits per heavy atom. The SMILES string of the molecule is CC(=O)c1ccc(NC(=O)NCCOc2c(C)ccc(C)c2C)cc1. The van der Waals surface area contributed by atoms with E-state index in [1.165, 1.54) is 12.5 Å². The lowest BCUT2D eigenvalue weighted by Gasteiger charge is -2.14. The Kier molecular flexibility index (Phi) is 6.17. The summed E-state index contributed by atoms with van der Waals surface area (Å²) >= 11 is 0. The van der Waals surface area contributed by atoms with E-state index in [2.05, 4.69) is 16.7 Å². The number of nitrogens with one attached hydrogen (secondary N) is 2. The molecule has 0 aliphatic heterocycles. The number of ketones is 1. The van der Waals surface area contributed by atoms with Crippen molar-refractivity contribution >= 4 is 17.5 Å².